The lowest BCUT2D eigenvalue weighted by molar-refractivity contribution is -0.150. The van der Waals surface area contributed by atoms with Gasteiger partial charge in [0.15, 0.2) is 0 Å². The maximum Gasteiger partial charge on any atom is 0.408 e. The van der Waals surface area contributed by atoms with Crippen LogP contribution in [0, 0.1) is 6.92 Å². The van der Waals surface area contributed by atoms with Crippen LogP contribution in [0.2, 0.25) is 0 Å². The van der Waals surface area contributed by atoms with E-state index in [2.05, 4.69) is 10.6 Å². The number of ether oxygens (including phenoxy) is 1. The summed E-state index contributed by atoms with van der Waals surface area (Å²) in [6, 6.07) is 5.14. The quantitative estimate of drug-likeness (QED) is 0.527. The maximum atomic E-state index is 13.9. The first kappa shape index (κ1) is 29.4. The smallest absolute Gasteiger partial charge is 0.408 e. The summed E-state index contributed by atoms with van der Waals surface area (Å²) in [6.07, 6.45) is -0.283. The molecule has 0 bridgehead atoms. The first-order chi connectivity index (χ1) is 15.4. The van der Waals surface area contributed by atoms with Crippen molar-refractivity contribution in [2.45, 2.75) is 104 Å². The minimum absolute atomic E-state index is 0.342. The zero-order valence-corrected chi connectivity index (χ0v) is 22.4. The molecule has 0 spiro atoms. The number of hydrogen-bond donors (Lipinski definition) is 3. The molecule has 0 saturated heterocycles. The fourth-order valence-electron chi connectivity index (χ4n) is 3.48. The fourth-order valence-corrected chi connectivity index (χ4v) is 3.48. The van der Waals surface area contributed by atoms with Crippen LogP contribution in [0.1, 0.15) is 85.9 Å². The van der Waals surface area contributed by atoms with Crippen molar-refractivity contribution in [1.29, 1.82) is 0 Å². The van der Waals surface area contributed by atoms with E-state index in [0.717, 1.165) is 5.56 Å². The maximum absolute atomic E-state index is 13.9. The fraction of sp³-hybridized carbons (Fsp3) is 0.654. The number of carbonyl (C=O) groups is 3. The molecule has 1 aromatic carbocycles. The van der Waals surface area contributed by atoms with Crippen LogP contribution < -0.4 is 10.6 Å². The van der Waals surface area contributed by atoms with Gasteiger partial charge in [-0.05, 0) is 79.9 Å². The van der Waals surface area contributed by atoms with Gasteiger partial charge in [0.05, 0.1) is 6.61 Å². The molecule has 2 atom stereocenters. The average molecular weight is 478 g/mol. The summed E-state index contributed by atoms with van der Waals surface area (Å²) < 4.78 is 5.28. The Morgan fingerprint density at radius 1 is 1.03 bits per heavy atom. The zero-order chi connectivity index (χ0) is 26.5. The SMILES string of the molecule is CCC(C)(C)N(C(=O)C(CO)NC(=O)OC(C)(C)C)C(C(=O)NC(C)(C)C)c1ccccc1C. The molecule has 0 saturated carbocycles. The summed E-state index contributed by atoms with van der Waals surface area (Å²) in [6.45, 7) is 17.6. The molecular formula is C26H43N3O5. The predicted molar refractivity (Wildman–Crippen MR) is 133 cm³/mol. The van der Waals surface area contributed by atoms with E-state index in [4.69, 9.17) is 4.74 Å². The highest BCUT2D eigenvalue weighted by atomic mass is 16.6. The summed E-state index contributed by atoms with van der Waals surface area (Å²) in [5, 5.41) is 15.5. The highest BCUT2D eigenvalue weighted by Gasteiger charge is 2.44. The lowest BCUT2D eigenvalue weighted by Crippen LogP contribution is -2.61. The van der Waals surface area contributed by atoms with Crippen molar-refractivity contribution >= 4 is 17.9 Å². The Balaban J connectivity index is 3.60. The molecule has 0 aromatic heterocycles. The molecule has 192 valence electrons. The molecule has 0 fully saturated rings. The number of hydrogen-bond acceptors (Lipinski definition) is 5. The normalized spacial score (nSPS) is 14.1. The summed E-state index contributed by atoms with van der Waals surface area (Å²) in [5.74, 6) is -0.914. The Bertz CT molecular complexity index is 868. The van der Waals surface area contributed by atoms with Crippen molar-refractivity contribution in [2.24, 2.45) is 0 Å². The second-order valence-corrected chi connectivity index (χ2v) is 11.3. The molecule has 34 heavy (non-hydrogen) atoms. The Morgan fingerprint density at radius 2 is 1.59 bits per heavy atom. The molecule has 0 radical (unpaired) electrons. The van der Waals surface area contributed by atoms with Gasteiger partial charge in [0, 0.05) is 11.1 Å². The number of alkyl carbamates (subject to hydrolysis) is 1. The number of aliphatic hydroxyl groups is 1. The van der Waals surface area contributed by atoms with Crippen LogP contribution in [-0.4, -0.2) is 57.2 Å². The Labute approximate surface area is 204 Å². The van der Waals surface area contributed by atoms with E-state index in [9.17, 15) is 19.5 Å². The van der Waals surface area contributed by atoms with Crippen LogP contribution in [0.5, 0.6) is 0 Å². The van der Waals surface area contributed by atoms with Crippen molar-refractivity contribution in [2.75, 3.05) is 6.61 Å². The second kappa shape index (κ2) is 11.2. The monoisotopic (exact) mass is 477 g/mol. The van der Waals surface area contributed by atoms with Gasteiger partial charge in [0.25, 0.3) is 0 Å². The predicted octanol–water partition coefficient (Wildman–Crippen LogP) is 3.85. The molecule has 0 aliphatic heterocycles. The topological polar surface area (TPSA) is 108 Å². The van der Waals surface area contributed by atoms with E-state index in [0.29, 0.717) is 12.0 Å². The van der Waals surface area contributed by atoms with Crippen molar-refractivity contribution < 1.29 is 24.2 Å². The van der Waals surface area contributed by atoms with Gasteiger partial charge >= 0.3 is 6.09 Å². The molecule has 1 aromatic rings. The van der Waals surface area contributed by atoms with Crippen molar-refractivity contribution in [1.82, 2.24) is 15.5 Å². The Morgan fingerprint density at radius 3 is 2.03 bits per heavy atom. The number of aryl methyl sites for hydroxylation is 1. The molecule has 0 aliphatic carbocycles. The molecule has 0 aliphatic rings. The standard InChI is InChI=1S/C26H43N3O5/c1-11-26(9,10)29(22(32)19(16-30)27-23(33)34-25(6,7)8)20(21(31)28-24(3,4)5)18-15-13-12-14-17(18)2/h12-15,19-20,30H,11,16H2,1-10H3,(H,27,33)(H,28,31). The Hall–Kier alpha value is -2.61. The van der Waals surface area contributed by atoms with Crippen LogP contribution in [-0.2, 0) is 14.3 Å². The van der Waals surface area contributed by atoms with Gasteiger partial charge in [-0.25, -0.2) is 4.79 Å². The first-order valence-electron chi connectivity index (χ1n) is 11.7. The van der Waals surface area contributed by atoms with E-state index < -0.39 is 47.4 Å². The summed E-state index contributed by atoms with van der Waals surface area (Å²) >= 11 is 0. The molecule has 2 unspecified atom stereocenters. The average Bonchev–Trinajstić information content (AvgIpc) is 2.67. The van der Waals surface area contributed by atoms with Gasteiger partial charge in [-0.15, -0.1) is 0 Å². The third-order valence-electron chi connectivity index (χ3n) is 5.41. The van der Waals surface area contributed by atoms with Gasteiger partial charge in [-0.1, -0.05) is 31.2 Å². The summed E-state index contributed by atoms with van der Waals surface area (Å²) in [7, 11) is 0. The van der Waals surface area contributed by atoms with Gasteiger partial charge in [0.1, 0.15) is 17.7 Å². The highest BCUT2D eigenvalue weighted by Crippen LogP contribution is 2.34. The van der Waals surface area contributed by atoms with Crippen LogP contribution in [0.15, 0.2) is 24.3 Å². The number of amides is 3. The van der Waals surface area contributed by atoms with Crippen LogP contribution in [0.4, 0.5) is 4.79 Å². The van der Waals surface area contributed by atoms with E-state index in [-0.39, 0.29) is 5.91 Å². The zero-order valence-electron chi connectivity index (χ0n) is 22.4. The third-order valence-corrected chi connectivity index (χ3v) is 5.41. The number of rotatable bonds is 8. The molecule has 1 rings (SSSR count). The third kappa shape index (κ3) is 8.31. The molecule has 3 amide bonds. The second-order valence-electron chi connectivity index (χ2n) is 11.3. The molecule has 3 N–H and O–H groups in total. The van der Waals surface area contributed by atoms with Crippen molar-refractivity contribution in [3.8, 4) is 0 Å². The van der Waals surface area contributed by atoms with Crippen molar-refractivity contribution in [3.05, 3.63) is 35.4 Å². The molecule has 8 nitrogen and oxygen atoms in total. The van der Waals surface area contributed by atoms with Gasteiger partial charge in [-0.3, -0.25) is 9.59 Å². The van der Waals surface area contributed by atoms with E-state index in [1.54, 1.807) is 20.8 Å². The van der Waals surface area contributed by atoms with E-state index in [1.165, 1.54) is 4.90 Å². The van der Waals surface area contributed by atoms with Gasteiger partial charge in [0.2, 0.25) is 11.8 Å². The van der Waals surface area contributed by atoms with Crippen LogP contribution >= 0.6 is 0 Å². The summed E-state index contributed by atoms with van der Waals surface area (Å²) in [5.41, 5.74) is -0.558. The number of aliphatic hydroxyl groups excluding tert-OH is 1. The molecular weight excluding hydrogens is 434 g/mol. The van der Waals surface area contributed by atoms with E-state index >= 15 is 0 Å². The number of nitrogens with one attached hydrogen (secondary N) is 2. The number of carbonyl (C=O) groups excluding carboxylic acids is 3. The largest absolute Gasteiger partial charge is 0.444 e. The van der Waals surface area contributed by atoms with Crippen molar-refractivity contribution in [3.63, 3.8) is 0 Å². The van der Waals surface area contributed by atoms with Crippen LogP contribution in [0.3, 0.4) is 0 Å². The minimum Gasteiger partial charge on any atom is -0.444 e. The molecule has 0 heterocycles. The first-order valence-corrected chi connectivity index (χ1v) is 11.7. The lowest BCUT2D eigenvalue weighted by atomic mass is 9.90. The summed E-state index contributed by atoms with van der Waals surface area (Å²) in [4.78, 5) is 41.4. The number of benzene rings is 1. The van der Waals surface area contributed by atoms with E-state index in [1.807, 2.05) is 72.7 Å². The molecule has 8 heteroatoms. The lowest BCUT2D eigenvalue weighted by Gasteiger charge is -2.45. The number of nitrogens with zero attached hydrogens (tertiary/aromatic N) is 1. The minimum atomic E-state index is -1.28. The van der Waals surface area contributed by atoms with Crippen LogP contribution in [0.25, 0.3) is 0 Å². The van der Waals surface area contributed by atoms with Gasteiger partial charge < -0.3 is 25.4 Å². The highest BCUT2D eigenvalue weighted by molar-refractivity contribution is 5.93. The van der Waals surface area contributed by atoms with Gasteiger partial charge in [-0.2, -0.15) is 0 Å². The Kier molecular flexibility index (Phi) is 9.70.